The number of carbonyl (C=O) groups is 1. The topological polar surface area (TPSA) is 56.1 Å². The molecule has 0 fully saturated rings. The highest BCUT2D eigenvalue weighted by atomic mass is 16.5. The molecule has 1 amide bonds. The number of amides is 1. The van der Waals surface area contributed by atoms with E-state index < -0.39 is 0 Å². The molecule has 0 saturated carbocycles. The molecular formula is C21H23N3O2. The van der Waals surface area contributed by atoms with Crippen LogP contribution in [0.15, 0.2) is 67.0 Å². The van der Waals surface area contributed by atoms with E-state index in [1.54, 1.807) is 17.1 Å². The van der Waals surface area contributed by atoms with Crippen LogP contribution in [-0.4, -0.2) is 15.7 Å². The van der Waals surface area contributed by atoms with Crippen LogP contribution in [0.25, 0.3) is 0 Å². The van der Waals surface area contributed by atoms with Gasteiger partial charge in [-0.25, -0.2) is 4.68 Å². The molecule has 1 heterocycles. The zero-order chi connectivity index (χ0) is 18.2. The van der Waals surface area contributed by atoms with Gasteiger partial charge in [-0.3, -0.25) is 4.79 Å². The van der Waals surface area contributed by atoms with Crippen LogP contribution in [-0.2, 0) is 24.4 Å². The summed E-state index contributed by atoms with van der Waals surface area (Å²) in [5, 5.41) is 7.08. The molecule has 0 saturated heterocycles. The van der Waals surface area contributed by atoms with Crippen molar-refractivity contribution in [1.82, 2.24) is 9.78 Å². The van der Waals surface area contributed by atoms with E-state index in [-0.39, 0.29) is 5.91 Å². The Morgan fingerprint density at radius 2 is 1.85 bits per heavy atom. The lowest BCUT2D eigenvalue weighted by Gasteiger charge is -2.06. The molecule has 26 heavy (non-hydrogen) atoms. The smallest absolute Gasteiger partial charge is 0.224 e. The van der Waals surface area contributed by atoms with Gasteiger partial charge in [0.1, 0.15) is 5.75 Å². The molecule has 0 atom stereocenters. The number of nitrogens with zero attached hydrogens (tertiary/aromatic N) is 2. The standard InChI is InChI=1S/C21H23N3O2/c1-2-17-8-11-20(12-9-17)26-16-24-15-19(14-22-24)23-21(25)13-10-18-6-4-3-5-7-18/h3-9,11-12,14-15H,2,10,13,16H2,1H3,(H,23,25). The highest BCUT2D eigenvalue weighted by Gasteiger charge is 2.05. The summed E-state index contributed by atoms with van der Waals surface area (Å²) < 4.78 is 7.36. The molecule has 134 valence electrons. The number of carbonyl (C=O) groups excluding carboxylic acids is 1. The summed E-state index contributed by atoms with van der Waals surface area (Å²) in [7, 11) is 0. The number of aromatic nitrogens is 2. The summed E-state index contributed by atoms with van der Waals surface area (Å²) >= 11 is 0. The average Bonchev–Trinajstić information content (AvgIpc) is 3.13. The molecule has 5 nitrogen and oxygen atoms in total. The van der Waals surface area contributed by atoms with Crippen LogP contribution in [0.4, 0.5) is 5.69 Å². The third kappa shape index (κ3) is 5.21. The summed E-state index contributed by atoms with van der Waals surface area (Å²) in [6, 6.07) is 18.0. The van der Waals surface area contributed by atoms with Crippen LogP contribution in [0.5, 0.6) is 5.75 Å². The number of ether oxygens (including phenoxy) is 1. The summed E-state index contributed by atoms with van der Waals surface area (Å²) in [6.07, 6.45) is 5.56. The Morgan fingerprint density at radius 1 is 1.08 bits per heavy atom. The Hall–Kier alpha value is -3.08. The van der Waals surface area contributed by atoms with Crippen LogP contribution in [0.2, 0.25) is 0 Å². The number of nitrogens with one attached hydrogen (secondary N) is 1. The maximum atomic E-state index is 12.1. The fourth-order valence-electron chi connectivity index (χ4n) is 2.59. The van der Waals surface area contributed by atoms with Crippen LogP contribution in [0.1, 0.15) is 24.5 Å². The molecule has 1 N–H and O–H groups in total. The van der Waals surface area contributed by atoms with E-state index in [0.29, 0.717) is 18.8 Å². The Balaban J connectivity index is 1.45. The van der Waals surface area contributed by atoms with Gasteiger partial charge in [0.25, 0.3) is 0 Å². The summed E-state index contributed by atoms with van der Waals surface area (Å²) in [5.74, 6) is 0.774. The van der Waals surface area contributed by atoms with Gasteiger partial charge < -0.3 is 10.1 Å². The number of benzene rings is 2. The highest BCUT2D eigenvalue weighted by molar-refractivity contribution is 5.90. The molecule has 5 heteroatoms. The fraction of sp³-hybridized carbons (Fsp3) is 0.238. The number of rotatable bonds is 8. The van der Waals surface area contributed by atoms with Gasteiger partial charge in [-0.05, 0) is 36.1 Å². The second-order valence-electron chi connectivity index (χ2n) is 6.07. The van der Waals surface area contributed by atoms with Gasteiger partial charge in [-0.15, -0.1) is 0 Å². The first-order valence-electron chi connectivity index (χ1n) is 8.81. The molecule has 0 aliphatic carbocycles. The third-order valence-corrected chi connectivity index (χ3v) is 4.10. The van der Waals surface area contributed by atoms with Crippen molar-refractivity contribution in [2.24, 2.45) is 0 Å². The minimum Gasteiger partial charge on any atom is -0.471 e. The molecule has 1 aromatic heterocycles. The first kappa shape index (κ1) is 17.7. The van der Waals surface area contributed by atoms with E-state index in [0.717, 1.165) is 24.2 Å². The van der Waals surface area contributed by atoms with Gasteiger partial charge in [0.05, 0.1) is 18.1 Å². The van der Waals surface area contributed by atoms with Crippen molar-refractivity contribution in [2.75, 3.05) is 5.32 Å². The first-order valence-corrected chi connectivity index (χ1v) is 8.81. The second kappa shape index (κ2) is 8.85. The summed E-state index contributed by atoms with van der Waals surface area (Å²) in [4.78, 5) is 12.1. The maximum Gasteiger partial charge on any atom is 0.224 e. The molecule has 0 aliphatic rings. The van der Waals surface area contributed by atoms with Crippen molar-refractivity contribution in [3.8, 4) is 5.75 Å². The van der Waals surface area contributed by atoms with E-state index >= 15 is 0 Å². The highest BCUT2D eigenvalue weighted by Crippen LogP contribution is 2.14. The van der Waals surface area contributed by atoms with Gasteiger partial charge in [0.2, 0.25) is 5.91 Å². The van der Waals surface area contributed by atoms with Gasteiger partial charge in [0.15, 0.2) is 6.73 Å². The van der Waals surface area contributed by atoms with Crippen LogP contribution in [0, 0.1) is 0 Å². The van der Waals surface area contributed by atoms with Crippen molar-refractivity contribution < 1.29 is 9.53 Å². The quantitative estimate of drug-likeness (QED) is 0.667. The largest absolute Gasteiger partial charge is 0.471 e. The monoisotopic (exact) mass is 349 g/mol. The molecule has 0 bridgehead atoms. The molecule has 0 unspecified atom stereocenters. The molecule has 0 radical (unpaired) electrons. The molecule has 0 spiro atoms. The van der Waals surface area contributed by atoms with Gasteiger partial charge in [0, 0.05) is 6.42 Å². The SMILES string of the molecule is CCc1ccc(OCn2cc(NC(=O)CCc3ccccc3)cn2)cc1. The molecule has 2 aromatic carbocycles. The van der Waals surface area contributed by atoms with Crippen molar-refractivity contribution in [3.63, 3.8) is 0 Å². The minimum absolute atomic E-state index is 0.0236. The van der Waals surface area contributed by atoms with Crippen LogP contribution >= 0.6 is 0 Å². The lowest BCUT2D eigenvalue weighted by atomic mass is 10.1. The van der Waals surface area contributed by atoms with Crippen molar-refractivity contribution >= 4 is 11.6 Å². The fourth-order valence-corrected chi connectivity index (χ4v) is 2.59. The zero-order valence-corrected chi connectivity index (χ0v) is 14.9. The van der Waals surface area contributed by atoms with E-state index in [1.807, 2.05) is 42.5 Å². The number of hydrogen-bond donors (Lipinski definition) is 1. The van der Waals surface area contributed by atoms with Gasteiger partial charge in [-0.1, -0.05) is 49.4 Å². The third-order valence-electron chi connectivity index (χ3n) is 4.10. The summed E-state index contributed by atoms with van der Waals surface area (Å²) in [6.45, 7) is 2.42. The first-order chi connectivity index (χ1) is 12.7. The minimum atomic E-state index is -0.0236. The van der Waals surface area contributed by atoms with Crippen LogP contribution < -0.4 is 10.1 Å². The number of hydrogen-bond acceptors (Lipinski definition) is 3. The molecule has 0 aliphatic heterocycles. The lowest BCUT2D eigenvalue weighted by Crippen LogP contribution is -2.12. The second-order valence-corrected chi connectivity index (χ2v) is 6.07. The predicted molar refractivity (Wildman–Crippen MR) is 102 cm³/mol. The van der Waals surface area contributed by atoms with Gasteiger partial charge in [-0.2, -0.15) is 5.10 Å². The molecule has 3 rings (SSSR count). The molecule has 3 aromatic rings. The maximum absolute atomic E-state index is 12.1. The Kier molecular flexibility index (Phi) is 6.04. The van der Waals surface area contributed by atoms with E-state index in [9.17, 15) is 4.79 Å². The predicted octanol–water partition coefficient (Wildman–Crippen LogP) is 4.05. The number of aryl methyl sites for hydroxylation is 2. The zero-order valence-electron chi connectivity index (χ0n) is 14.9. The van der Waals surface area contributed by atoms with Crippen molar-refractivity contribution in [2.45, 2.75) is 32.9 Å². The average molecular weight is 349 g/mol. The van der Waals surface area contributed by atoms with E-state index in [1.165, 1.54) is 5.56 Å². The van der Waals surface area contributed by atoms with Crippen molar-refractivity contribution in [1.29, 1.82) is 0 Å². The Bertz CT molecular complexity index is 826. The Morgan fingerprint density at radius 3 is 2.58 bits per heavy atom. The summed E-state index contributed by atoms with van der Waals surface area (Å²) in [5.41, 5.74) is 3.10. The number of anilines is 1. The normalized spacial score (nSPS) is 10.5. The lowest BCUT2D eigenvalue weighted by molar-refractivity contribution is -0.116. The van der Waals surface area contributed by atoms with E-state index in [2.05, 4.69) is 29.5 Å². The van der Waals surface area contributed by atoms with Crippen molar-refractivity contribution in [3.05, 3.63) is 78.1 Å². The van der Waals surface area contributed by atoms with E-state index in [4.69, 9.17) is 4.74 Å². The molecular weight excluding hydrogens is 326 g/mol. The van der Waals surface area contributed by atoms with Gasteiger partial charge >= 0.3 is 0 Å². The Labute approximate surface area is 153 Å². The van der Waals surface area contributed by atoms with Crippen LogP contribution in [0.3, 0.4) is 0 Å².